The third-order valence-corrected chi connectivity index (χ3v) is 6.98. The van der Waals surface area contributed by atoms with Crippen LogP contribution in [0.4, 0.5) is 0 Å². The Bertz CT molecular complexity index is 606. The third kappa shape index (κ3) is 3.75. The van der Waals surface area contributed by atoms with Gasteiger partial charge in [0.2, 0.25) is 5.91 Å². The summed E-state index contributed by atoms with van der Waals surface area (Å²) in [5.41, 5.74) is 1.88. The Labute approximate surface area is 157 Å². The summed E-state index contributed by atoms with van der Waals surface area (Å²) >= 11 is 0. The van der Waals surface area contributed by atoms with E-state index in [1.165, 1.54) is 18.4 Å². The SMILES string of the molecule is COc1ccc(CC2CCN(C(=O)C3CC4(CCNCC4)C3)CC2)cc1. The molecule has 0 atom stereocenters. The lowest BCUT2D eigenvalue weighted by Crippen LogP contribution is -2.52. The second kappa shape index (κ2) is 7.59. The maximum atomic E-state index is 12.8. The maximum absolute atomic E-state index is 12.8. The molecule has 0 aromatic heterocycles. The second-order valence-electron chi connectivity index (χ2n) is 8.68. The van der Waals surface area contributed by atoms with E-state index in [0.29, 0.717) is 23.2 Å². The van der Waals surface area contributed by atoms with Gasteiger partial charge < -0.3 is 15.0 Å². The normalized spacial score (nSPS) is 23.7. The number of hydrogen-bond acceptors (Lipinski definition) is 3. The molecular weight excluding hydrogens is 324 g/mol. The molecule has 1 aromatic rings. The topological polar surface area (TPSA) is 41.6 Å². The van der Waals surface area contributed by atoms with Gasteiger partial charge in [0.05, 0.1) is 7.11 Å². The number of nitrogens with zero attached hydrogens (tertiary/aromatic N) is 1. The Kier molecular flexibility index (Phi) is 5.21. The van der Waals surface area contributed by atoms with Crippen LogP contribution in [-0.4, -0.2) is 44.1 Å². The van der Waals surface area contributed by atoms with Crippen LogP contribution in [0.1, 0.15) is 44.1 Å². The van der Waals surface area contributed by atoms with Crippen LogP contribution in [0.15, 0.2) is 24.3 Å². The number of rotatable bonds is 4. The molecule has 0 bridgehead atoms. The van der Waals surface area contributed by atoms with E-state index in [-0.39, 0.29) is 0 Å². The van der Waals surface area contributed by atoms with E-state index < -0.39 is 0 Å². The molecule has 1 aromatic carbocycles. The van der Waals surface area contributed by atoms with Gasteiger partial charge in [-0.1, -0.05) is 12.1 Å². The number of carbonyl (C=O) groups is 1. The van der Waals surface area contributed by atoms with Gasteiger partial charge in [-0.3, -0.25) is 4.79 Å². The van der Waals surface area contributed by atoms with Gasteiger partial charge in [-0.25, -0.2) is 0 Å². The molecule has 1 saturated carbocycles. The molecule has 3 fully saturated rings. The van der Waals surface area contributed by atoms with Crippen molar-refractivity contribution in [2.45, 2.75) is 44.9 Å². The number of benzene rings is 1. The summed E-state index contributed by atoms with van der Waals surface area (Å²) in [5.74, 6) is 2.37. The zero-order valence-electron chi connectivity index (χ0n) is 16.0. The molecule has 142 valence electrons. The van der Waals surface area contributed by atoms with Crippen LogP contribution in [0.2, 0.25) is 0 Å². The number of carbonyl (C=O) groups excluding carboxylic acids is 1. The first kappa shape index (κ1) is 17.8. The highest BCUT2D eigenvalue weighted by molar-refractivity contribution is 5.80. The Morgan fingerprint density at radius 2 is 1.81 bits per heavy atom. The number of likely N-dealkylation sites (tertiary alicyclic amines) is 1. The van der Waals surface area contributed by atoms with Crippen LogP contribution in [0, 0.1) is 17.3 Å². The van der Waals surface area contributed by atoms with Crippen molar-refractivity contribution < 1.29 is 9.53 Å². The summed E-state index contributed by atoms with van der Waals surface area (Å²) in [6.07, 6.45) is 8.20. The lowest BCUT2D eigenvalue weighted by atomic mass is 9.57. The van der Waals surface area contributed by atoms with E-state index in [1.54, 1.807) is 7.11 Å². The molecule has 4 heteroatoms. The van der Waals surface area contributed by atoms with Crippen molar-refractivity contribution in [2.75, 3.05) is 33.3 Å². The van der Waals surface area contributed by atoms with Gasteiger partial charge in [-0.15, -0.1) is 0 Å². The number of methoxy groups -OCH3 is 1. The van der Waals surface area contributed by atoms with E-state index in [4.69, 9.17) is 4.74 Å². The molecule has 1 N–H and O–H groups in total. The van der Waals surface area contributed by atoms with Gasteiger partial charge in [-0.2, -0.15) is 0 Å². The van der Waals surface area contributed by atoms with Gasteiger partial charge in [-0.05, 0) is 87.1 Å². The summed E-state index contributed by atoms with van der Waals surface area (Å²) in [5, 5.41) is 3.44. The van der Waals surface area contributed by atoms with Crippen molar-refractivity contribution in [1.29, 1.82) is 0 Å². The molecule has 0 unspecified atom stereocenters. The van der Waals surface area contributed by atoms with E-state index in [2.05, 4.69) is 22.3 Å². The van der Waals surface area contributed by atoms with E-state index in [1.807, 2.05) is 12.1 Å². The largest absolute Gasteiger partial charge is 0.497 e. The minimum absolute atomic E-state index is 0.311. The summed E-state index contributed by atoms with van der Waals surface area (Å²) in [4.78, 5) is 15.0. The van der Waals surface area contributed by atoms with Crippen molar-refractivity contribution >= 4 is 5.91 Å². The lowest BCUT2D eigenvalue weighted by molar-refractivity contribution is -0.146. The average Bonchev–Trinajstić information content (AvgIpc) is 2.67. The summed E-state index contributed by atoms with van der Waals surface area (Å²) < 4.78 is 5.23. The van der Waals surface area contributed by atoms with Crippen molar-refractivity contribution in [3.8, 4) is 5.75 Å². The van der Waals surface area contributed by atoms with Crippen LogP contribution in [0.25, 0.3) is 0 Å². The molecule has 3 aliphatic rings. The van der Waals surface area contributed by atoms with Crippen LogP contribution in [0.5, 0.6) is 5.75 Å². The van der Waals surface area contributed by atoms with Gasteiger partial charge in [0, 0.05) is 19.0 Å². The Morgan fingerprint density at radius 3 is 2.42 bits per heavy atom. The monoisotopic (exact) mass is 356 g/mol. The molecule has 1 spiro atoms. The first-order chi connectivity index (χ1) is 12.7. The fourth-order valence-corrected chi connectivity index (χ4v) is 5.24. The fourth-order valence-electron chi connectivity index (χ4n) is 5.24. The zero-order chi connectivity index (χ0) is 18.0. The molecule has 2 heterocycles. The smallest absolute Gasteiger partial charge is 0.225 e. The molecule has 1 amide bonds. The van der Waals surface area contributed by atoms with Crippen LogP contribution in [-0.2, 0) is 11.2 Å². The minimum Gasteiger partial charge on any atom is -0.497 e. The van der Waals surface area contributed by atoms with E-state index >= 15 is 0 Å². The van der Waals surface area contributed by atoms with E-state index in [9.17, 15) is 4.79 Å². The molecule has 0 radical (unpaired) electrons. The van der Waals surface area contributed by atoms with Crippen LogP contribution in [0.3, 0.4) is 0 Å². The quantitative estimate of drug-likeness (QED) is 0.900. The van der Waals surface area contributed by atoms with E-state index in [0.717, 1.165) is 64.0 Å². The zero-order valence-corrected chi connectivity index (χ0v) is 16.0. The standard InChI is InChI=1S/C22H32N2O2/c1-26-20-4-2-17(3-5-20)14-18-6-12-24(13-7-18)21(25)19-15-22(16-19)8-10-23-11-9-22/h2-5,18-19,23H,6-16H2,1H3. The predicted molar refractivity (Wildman–Crippen MR) is 103 cm³/mol. The van der Waals surface area contributed by atoms with Crippen LogP contribution >= 0.6 is 0 Å². The van der Waals surface area contributed by atoms with Gasteiger partial charge in [0.15, 0.2) is 0 Å². The summed E-state index contributed by atoms with van der Waals surface area (Å²) in [6, 6.07) is 8.43. The number of piperidine rings is 2. The van der Waals surface area contributed by atoms with Crippen molar-refractivity contribution in [1.82, 2.24) is 10.2 Å². The highest BCUT2D eigenvalue weighted by Gasteiger charge is 2.48. The van der Waals surface area contributed by atoms with Crippen molar-refractivity contribution in [3.05, 3.63) is 29.8 Å². The molecule has 2 aliphatic heterocycles. The Morgan fingerprint density at radius 1 is 1.15 bits per heavy atom. The van der Waals surface area contributed by atoms with Gasteiger partial charge >= 0.3 is 0 Å². The molecule has 26 heavy (non-hydrogen) atoms. The average molecular weight is 357 g/mol. The second-order valence-corrected chi connectivity index (χ2v) is 8.68. The fraction of sp³-hybridized carbons (Fsp3) is 0.682. The number of nitrogens with one attached hydrogen (secondary N) is 1. The molecule has 4 nitrogen and oxygen atoms in total. The molecule has 1 aliphatic carbocycles. The molecule has 4 rings (SSSR count). The minimum atomic E-state index is 0.311. The Balaban J connectivity index is 1.22. The maximum Gasteiger partial charge on any atom is 0.225 e. The lowest BCUT2D eigenvalue weighted by Gasteiger charge is -2.51. The summed E-state index contributed by atoms with van der Waals surface area (Å²) in [7, 11) is 1.71. The first-order valence-electron chi connectivity index (χ1n) is 10.3. The van der Waals surface area contributed by atoms with Crippen molar-refractivity contribution in [3.63, 3.8) is 0 Å². The summed E-state index contributed by atoms with van der Waals surface area (Å²) in [6.45, 7) is 4.17. The number of ether oxygens (including phenoxy) is 1. The van der Waals surface area contributed by atoms with Crippen molar-refractivity contribution in [2.24, 2.45) is 17.3 Å². The Hall–Kier alpha value is -1.55. The van der Waals surface area contributed by atoms with Gasteiger partial charge in [0.25, 0.3) is 0 Å². The van der Waals surface area contributed by atoms with Gasteiger partial charge in [0.1, 0.15) is 5.75 Å². The molecular formula is C22H32N2O2. The number of amides is 1. The predicted octanol–water partition coefficient (Wildman–Crippen LogP) is 3.26. The first-order valence-corrected chi connectivity index (χ1v) is 10.3. The van der Waals surface area contributed by atoms with Crippen LogP contribution < -0.4 is 10.1 Å². The highest BCUT2D eigenvalue weighted by Crippen LogP contribution is 2.52. The highest BCUT2D eigenvalue weighted by atomic mass is 16.5. The number of hydrogen-bond donors (Lipinski definition) is 1. The molecule has 2 saturated heterocycles. The third-order valence-electron chi connectivity index (χ3n) is 6.98.